The van der Waals surface area contributed by atoms with Crippen LogP contribution in [0.25, 0.3) is 0 Å². The summed E-state index contributed by atoms with van der Waals surface area (Å²) < 4.78 is 10.5. The average Bonchev–Trinajstić information content (AvgIpc) is 2.85. The SMILES string of the molecule is CCCCCCCCCCC(CCCCCCCCC(=O)OC)COC(=O)C1CCN(C)CC1. The Labute approximate surface area is 210 Å². The van der Waals surface area contributed by atoms with E-state index in [-0.39, 0.29) is 17.9 Å². The van der Waals surface area contributed by atoms with Gasteiger partial charge in [0.05, 0.1) is 19.6 Å². The Morgan fingerprint density at radius 2 is 1.29 bits per heavy atom. The van der Waals surface area contributed by atoms with Crippen molar-refractivity contribution in [2.24, 2.45) is 11.8 Å². The van der Waals surface area contributed by atoms with E-state index in [9.17, 15) is 9.59 Å². The van der Waals surface area contributed by atoms with Crippen LogP contribution in [0.4, 0.5) is 0 Å². The molecule has 0 aromatic heterocycles. The normalized spacial score (nSPS) is 15.9. The predicted octanol–water partition coefficient (Wildman–Crippen LogP) is 7.31. The van der Waals surface area contributed by atoms with Crippen LogP contribution in [0.15, 0.2) is 0 Å². The van der Waals surface area contributed by atoms with Gasteiger partial charge in [0.25, 0.3) is 0 Å². The lowest BCUT2D eigenvalue weighted by atomic mass is 9.94. The van der Waals surface area contributed by atoms with Crippen molar-refractivity contribution in [1.29, 1.82) is 0 Å². The Kier molecular flexibility index (Phi) is 19.3. The van der Waals surface area contributed by atoms with E-state index in [4.69, 9.17) is 9.47 Å². The summed E-state index contributed by atoms with van der Waals surface area (Å²) in [5.74, 6) is 0.554. The van der Waals surface area contributed by atoms with Gasteiger partial charge in [-0.3, -0.25) is 9.59 Å². The summed E-state index contributed by atoms with van der Waals surface area (Å²) in [5, 5.41) is 0. The number of hydrogen-bond acceptors (Lipinski definition) is 5. The summed E-state index contributed by atoms with van der Waals surface area (Å²) in [6, 6.07) is 0. The topological polar surface area (TPSA) is 55.8 Å². The molecule has 0 bridgehead atoms. The number of ether oxygens (including phenoxy) is 2. The van der Waals surface area contributed by atoms with E-state index < -0.39 is 0 Å². The Morgan fingerprint density at radius 3 is 1.82 bits per heavy atom. The van der Waals surface area contributed by atoms with Gasteiger partial charge in [-0.2, -0.15) is 0 Å². The second-order valence-corrected chi connectivity index (χ2v) is 10.6. The van der Waals surface area contributed by atoms with E-state index in [1.807, 2.05) is 0 Å². The minimum absolute atomic E-state index is 0.0413. The molecule has 200 valence electrons. The number of hydrogen-bond donors (Lipinski definition) is 0. The van der Waals surface area contributed by atoms with Gasteiger partial charge in [0, 0.05) is 6.42 Å². The van der Waals surface area contributed by atoms with Crippen LogP contribution in [-0.4, -0.2) is 50.7 Å². The van der Waals surface area contributed by atoms with Gasteiger partial charge < -0.3 is 14.4 Å². The standard InChI is InChI=1S/C29H55NO4/c1-4-5-6-7-8-9-12-15-18-26(19-16-13-10-11-14-17-20-28(31)33-3)25-34-29(32)27-21-23-30(2)24-22-27/h26-27H,4-25H2,1-3H3. The Bertz CT molecular complexity index is 502. The molecule has 1 rings (SSSR count). The van der Waals surface area contributed by atoms with Crippen LogP contribution in [-0.2, 0) is 19.1 Å². The molecule has 1 unspecified atom stereocenters. The first kappa shape index (κ1) is 30.9. The monoisotopic (exact) mass is 481 g/mol. The molecule has 1 atom stereocenters. The van der Waals surface area contributed by atoms with Crippen molar-refractivity contribution in [3.05, 3.63) is 0 Å². The van der Waals surface area contributed by atoms with Crippen molar-refractivity contribution in [2.75, 3.05) is 33.9 Å². The highest BCUT2D eigenvalue weighted by molar-refractivity contribution is 5.72. The lowest BCUT2D eigenvalue weighted by molar-refractivity contribution is -0.151. The largest absolute Gasteiger partial charge is 0.469 e. The van der Waals surface area contributed by atoms with E-state index >= 15 is 0 Å². The molecule has 5 nitrogen and oxygen atoms in total. The van der Waals surface area contributed by atoms with E-state index in [2.05, 4.69) is 18.9 Å². The van der Waals surface area contributed by atoms with E-state index in [1.165, 1.54) is 97.0 Å². The van der Waals surface area contributed by atoms with Gasteiger partial charge in [0.15, 0.2) is 0 Å². The molecular weight excluding hydrogens is 426 g/mol. The Balaban J connectivity index is 2.24. The van der Waals surface area contributed by atoms with Crippen LogP contribution in [0.1, 0.15) is 129 Å². The maximum atomic E-state index is 12.6. The number of carbonyl (C=O) groups is 2. The summed E-state index contributed by atoms with van der Waals surface area (Å²) in [6.45, 7) is 4.88. The smallest absolute Gasteiger partial charge is 0.309 e. The minimum Gasteiger partial charge on any atom is -0.469 e. The zero-order valence-corrected chi connectivity index (χ0v) is 22.8. The molecule has 0 aliphatic carbocycles. The first-order valence-electron chi connectivity index (χ1n) is 14.5. The van der Waals surface area contributed by atoms with Crippen LogP contribution >= 0.6 is 0 Å². The van der Waals surface area contributed by atoms with Gasteiger partial charge in [-0.1, -0.05) is 90.4 Å². The number of rotatable bonds is 21. The molecule has 5 heteroatoms. The van der Waals surface area contributed by atoms with Gasteiger partial charge in [-0.15, -0.1) is 0 Å². The molecule has 0 N–H and O–H groups in total. The van der Waals surface area contributed by atoms with Crippen LogP contribution in [0, 0.1) is 11.8 Å². The third-order valence-electron chi connectivity index (χ3n) is 7.45. The fourth-order valence-electron chi connectivity index (χ4n) is 4.95. The second kappa shape index (κ2) is 21.2. The maximum Gasteiger partial charge on any atom is 0.309 e. The highest BCUT2D eigenvalue weighted by Crippen LogP contribution is 2.22. The number of methoxy groups -OCH3 is 1. The van der Waals surface area contributed by atoms with Crippen molar-refractivity contribution in [2.45, 2.75) is 129 Å². The zero-order chi connectivity index (χ0) is 24.9. The van der Waals surface area contributed by atoms with Crippen molar-refractivity contribution in [3.8, 4) is 0 Å². The molecular formula is C29H55NO4. The molecule has 0 aromatic carbocycles. The van der Waals surface area contributed by atoms with Crippen LogP contribution in [0.3, 0.4) is 0 Å². The first-order valence-corrected chi connectivity index (χ1v) is 14.5. The van der Waals surface area contributed by atoms with Crippen molar-refractivity contribution >= 4 is 11.9 Å². The fourth-order valence-corrected chi connectivity index (χ4v) is 4.95. The molecule has 34 heavy (non-hydrogen) atoms. The van der Waals surface area contributed by atoms with Gasteiger partial charge in [-0.25, -0.2) is 0 Å². The van der Waals surface area contributed by atoms with Crippen LogP contribution in [0.5, 0.6) is 0 Å². The minimum atomic E-state index is -0.0985. The lowest BCUT2D eigenvalue weighted by Gasteiger charge is -2.28. The van der Waals surface area contributed by atoms with Gasteiger partial charge >= 0.3 is 11.9 Å². The highest BCUT2D eigenvalue weighted by atomic mass is 16.5. The zero-order valence-electron chi connectivity index (χ0n) is 22.8. The van der Waals surface area contributed by atoms with E-state index in [0.717, 1.165) is 38.8 Å². The summed E-state index contributed by atoms with van der Waals surface area (Å²) in [5.41, 5.74) is 0. The van der Waals surface area contributed by atoms with Gasteiger partial charge in [-0.05, 0) is 58.2 Å². The molecule has 0 radical (unpaired) electrons. The Hall–Kier alpha value is -1.10. The van der Waals surface area contributed by atoms with Crippen LogP contribution < -0.4 is 0 Å². The third kappa shape index (κ3) is 16.5. The highest BCUT2D eigenvalue weighted by Gasteiger charge is 2.25. The third-order valence-corrected chi connectivity index (χ3v) is 7.45. The number of piperidine rings is 1. The molecule has 0 saturated carbocycles. The maximum absolute atomic E-state index is 12.6. The summed E-state index contributed by atoms with van der Waals surface area (Å²) >= 11 is 0. The van der Waals surface area contributed by atoms with Crippen molar-refractivity contribution in [1.82, 2.24) is 4.90 Å². The number of likely N-dealkylation sites (tertiary alicyclic amines) is 1. The summed E-state index contributed by atoms with van der Waals surface area (Å²) in [4.78, 5) is 26.1. The number of nitrogens with zero attached hydrogens (tertiary/aromatic N) is 1. The van der Waals surface area contributed by atoms with Crippen LogP contribution in [0.2, 0.25) is 0 Å². The number of unbranched alkanes of at least 4 members (excludes halogenated alkanes) is 12. The second-order valence-electron chi connectivity index (χ2n) is 10.6. The van der Waals surface area contributed by atoms with E-state index in [0.29, 0.717) is 18.9 Å². The summed E-state index contributed by atoms with van der Waals surface area (Å²) in [7, 11) is 3.58. The first-order chi connectivity index (χ1) is 16.6. The van der Waals surface area contributed by atoms with Crippen molar-refractivity contribution < 1.29 is 19.1 Å². The molecule has 1 fully saturated rings. The van der Waals surface area contributed by atoms with Crippen molar-refractivity contribution in [3.63, 3.8) is 0 Å². The predicted molar refractivity (Wildman–Crippen MR) is 141 cm³/mol. The number of carbonyl (C=O) groups excluding carboxylic acids is 2. The lowest BCUT2D eigenvalue weighted by Crippen LogP contribution is -2.34. The molecule has 0 spiro atoms. The fraction of sp³-hybridized carbons (Fsp3) is 0.931. The molecule has 1 aliphatic rings. The van der Waals surface area contributed by atoms with Gasteiger partial charge in [0.2, 0.25) is 0 Å². The van der Waals surface area contributed by atoms with Gasteiger partial charge in [0.1, 0.15) is 0 Å². The Morgan fingerprint density at radius 1 is 0.794 bits per heavy atom. The number of esters is 2. The van der Waals surface area contributed by atoms with E-state index in [1.54, 1.807) is 0 Å². The quantitative estimate of drug-likeness (QED) is 0.127. The molecule has 1 aliphatic heterocycles. The molecule has 1 heterocycles. The molecule has 1 saturated heterocycles. The molecule has 0 aromatic rings. The average molecular weight is 482 g/mol. The molecule has 0 amide bonds. The summed E-state index contributed by atoms with van der Waals surface area (Å²) in [6.07, 6.45) is 22.4.